The second kappa shape index (κ2) is 13.0. The van der Waals surface area contributed by atoms with Gasteiger partial charge in [-0.15, -0.1) is 0 Å². The van der Waals surface area contributed by atoms with Gasteiger partial charge in [0, 0.05) is 35.3 Å². The van der Waals surface area contributed by atoms with E-state index in [1.165, 1.54) is 0 Å². The monoisotopic (exact) mass is 552 g/mol. The molecule has 38 heavy (non-hydrogen) atoms. The maximum atomic E-state index is 8.94. The summed E-state index contributed by atoms with van der Waals surface area (Å²) < 4.78 is 13.4. The van der Waals surface area contributed by atoms with Gasteiger partial charge in [0.05, 0.1) is 24.4 Å². The van der Waals surface area contributed by atoms with Gasteiger partial charge in [0.1, 0.15) is 17.3 Å². The number of nitrogens with zero attached hydrogens (tertiary/aromatic N) is 2. The molecule has 0 aliphatic heterocycles. The number of imidazole rings is 1. The third-order valence-electron chi connectivity index (χ3n) is 6.06. The Morgan fingerprint density at radius 2 is 1.74 bits per heavy atom. The molecule has 0 fully saturated rings. The summed E-state index contributed by atoms with van der Waals surface area (Å²) in [5.74, 6) is 2.29. The summed E-state index contributed by atoms with van der Waals surface area (Å²) in [6.07, 6.45) is 5.51. The Bertz CT molecular complexity index is 1400. The van der Waals surface area contributed by atoms with E-state index < -0.39 is 6.29 Å². The van der Waals surface area contributed by atoms with Gasteiger partial charge in [0.15, 0.2) is 6.29 Å². The van der Waals surface area contributed by atoms with E-state index in [4.69, 9.17) is 47.9 Å². The van der Waals surface area contributed by atoms with Crippen molar-refractivity contribution in [3.8, 4) is 33.9 Å². The predicted molar refractivity (Wildman–Crippen MR) is 154 cm³/mol. The first-order valence-electron chi connectivity index (χ1n) is 12.4. The molecule has 6 nitrogen and oxygen atoms in total. The molecule has 0 saturated heterocycles. The lowest BCUT2D eigenvalue weighted by Crippen LogP contribution is -2.07. The lowest BCUT2D eigenvalue weighted by atomic mass is 10.0. The van der Waals surface area contributed by atoms with Crippen molar-refractivity contribution in [2.24, 2.45) is 0 Å². The van der Waals surface area contributed by atoms with Crippen LogP contribution in [0.3, 0.4) is 0 Å². The molecular formula is C30H30Cl2N2O4. The zero-order chi connectivity index (χ0) is 27.1. The zero-order valence-electron chi connectivity index (χ0n) is 21.3. The van der Waals surface area contributed by atoms with Crippen LogP contribution in [0.15, 0.2) is 66.9 Å². The lowest BCUT2D eigenvalue weighted by Gasteiger charge is -2.10. The summed E-state index contributed by atoms with van der Waals surface area (Å²) in [5.41, 5.74) is 4.60. The third kappa shape index (κ3) is 6.97. The fourth-order valence-corrected chi connectivity index (χ4v) is 4.56. The van der Waals surface area contributed by atoms with E-state index >= 15 is 0 Å². The minimum absolute atomic E-state index is 0.287. The molecule has 0 radical (unpaired) electrons. The molecule has 0 amide bonds. The minimum atomic E-state index is -1.30. The average molecular weight is 553 g/mol. The van der Waals surface area contributed by atoms with E-state index in [1.807, 2.05) is 60.8 Å². The van der Waals surface area contributed by atoms with Gasteiger partial charge in [0.2, 0.25) is 0 Å². The second-order valence-electron chi connectivity index (χ2n) is 8.68. The van der Waals surface area contributed by atoms with Crippen molar-refractivity contribution >= 4 is 35.4 Å². The van der Waals surface area contributed by atoms with Gasteiger partial charge in [-0.2, -0.15) is 0 Å². The smallest absolute Gasteiger partial charge is 0.151 e. The average Bonchev–Trinajstić information content (AvgIpc) is 3.33. The Hall–Kier alpha value is -3.29. The number of aryl methyl sites for hydroxylation is 1. The molecule has 2 N–H and O–H groups in total. The van der Waals surface area contributed by atoms with Crippen LogP contribution in [0, 0.1) is 0 Å². The van der Waals surface area contributed by atoms with Crippen LogP contribution in [-0.4, -0.2) is 39.8 Å². The number of aliphatic hydroxyl groups is 2. The summed E-state index contributed by atoms with van der Waals surface area (Å²) in [4.78, 5) is 4.81. The Morgan fingerprint density at radius 1 is 0.974 bits per heavy atom. The highest BCUT2D eigenvalue weighted by Gasteiger charge is 2.11. The van der Waals surface area contributed by atoms with Crippen LogP contribution in [-0.2, 0) is 6.54 Å². The first kappa shape index (κ1) is 27.7. The van der Waals surface area contributed by atoms with Gasteiger partial charge in [-0.05, 0) is 79.1 Å². The van der Waals surface area contributed by atoms with E-state index in [9.17, 15) is 0 Å². The number of aliphatic hydroxyl groups excluding tert-OH is 1. The molecule has 1 heterocycles. The van der Waals surface area contributed by atoms with Gasteiger partial charge >= 0.3 is 0 Å². The zero-order valence-corrected chi connectivity index (χ0v) is 22.8. The van der Waals surface area contributed by atoms with Gasteiger partial charge in [0.25, 0.3) is 0 Å². The van der Waals surface area contributed by atoms with Crippen LogP contribution in [0.5, 0.6) is 11.5 Å². The standard InChI is InChI=1S/C30H30Cl2N2O4/c1-3-34-19-27(25-13-10-23(31)18-26(25)32)33-29(34)15-9-22-17-21(8-14-28(22)37-2)20-6-11-24(12-7-20)38-16-4-5-30(35)36/h6-15,17-19,30,35-36H,3-5,16H2,1-2H3/b15-9+. The molecule has 0 aliphatic carbocycles. The van der Waals surface area contributed by atoms with Crippen molar-refractivity contribution in [1.29, 1.82) is 0 Å². The highest BCUT2D eigenvalue weighted by molar-refractivity contribution is 6.36. The largest absolute Gasteiger partial charge is 0.496 e. The van der Waals surface area contributed by atoms with Crippen LogP contribution in [0.25, 0.3) is 34.5 Å². The molecule has 0 spiro atoms. The topological polar surface area (TPSA) is 76.7 Å². The van der Waals surface area contributed by atoms with Crippen LogP contribution < -0.4 is 9.47 Å². The molecule has 8 heteroatoms. The molecule has 4 aromatic rings. The fraction of sp³-hybridized carbons (Fsp3) is 0.233. The molecule has 198 valence electrons. The fourth-order valence-electron chi connectivity index (χ4n) is 4.05. The van der Waals surface area contributed by atoms with Crippen molar-refractivity contribution in [3.63, 3.8) is 0 Å². The van der Waals surface area contributed by atoms with Crippen LogP contribution in [0.2, 0.25) is 10.0 Å². The number of aromatic nitrogens is 2. The van der Waals surface area contributed by atoms with Gasteiger partial charge in [-0.25, -0.2) is 4.98 Å². The minimum Gasteiger partial charge on any atom is -0.496 e. The molecule has 3 aromatic carbocycles. The maximum absolute atomic E-state index is 8.94. The maximum Gasteiger partial charge on any atom is 0.151 e. The summed E-state index contributed by atoms with van der Waals surface area (Å²) >= 11 is 12.5. The number of methoxy groups -OCH3 is 1. The predicted octanol–water partition coefficient (Wildman–Crippen LogP) is 7.19. The molecule has 0 atom stereocenters. The Kier molecular flexibility index (Phi) is 9.48. The van der Waals surface area contributed by atoms with Crippen LogP contribution >= 0.6 is 23.2 Å². The van der Waals surface area contributed by atoms with Crippen molar-refractivity contribution in [2.75, 3.05) is 13.7 Å². The molecule has 1 aromatic heterocycles. The molecule has 0 saturated carbocycles. The third-order valence-corrected chi connectivity index (χ3v) is 6.61. The Morgan fingerprint density at radius 3 is 2.42 bits per heavy atom. The van der Waals surface area contributed by atoms with Crippen molar-refractivity contribution in [1.82, 2.24) is 9.55 Å². The highest BCUT2D eigenvalue weighted by atomic mass is 35.5. The lowest BCUT2D eigenvalue weighted by molar-refractivity contribution is -0.0479. The first-order chi connectivity index (χ1) is 18.4. The Balaban J connectivity index is 1.55. The summed E-state index contributed by atoms with van der Waals surface area (Å²) in [6, 6.07) is 19.3. The highest BCUT2D eigenvalue weighted by Crippen LogP contribution is 2.32. The second-order valence-corrected chi connectivity index (χ2v) is 9.52. The molecule has 0 unspecified atom stereocenters. The SMILES string of the molecule is CCn1cc(-c2ccc(Cl)cc2Cl)nc1/C=C/c1cc(-c2ccc(OCCCC(O)O)cc2)ccc1OC. The molecular weight excluding hydrogens is 523 g/mol. The van der Waals surface area contributed by atoms with E-state index in [0.29, 0.717) is 23.1 Å². The van der Waals surface area contributed by atoms with E-state index in [0.717, 1.165) is 51.8 Å². The molecule has 0 aliphatic rings. The number of hydrogen-bond donors (Lipinski definition) is 2. The van der Waals surface area contributed by atoms with Crippen LogP contribution in [0.4, 0.5) is 0 Å². The quantitative estimate of drug-likeness (QED) is 0.152. The van der Waals surface area contributed by atoms with Crippen molar-refractivity contribution in [3.05, 3.63) is 88.3 Å². The summed E-state index contributed by atoms with van der Waals surface area (Å²) in [5, 5.41) is 19.0. The van der Waals surface area contributed by atoms with Crippen LogP contribution in [0.1, 0.15) is 31.2 Å². The molecule has 0 bridgehead atoms. The first-order valence-corrected chi connectivity index (χ1v) is 13.1. The number of ether oxygens (including phenoxy) is 2. The number of benzene rings is 3. The van der Waals surface area contributed by atoms with Crippen molar-refractivity contribution in [2.45, 2.75) is 32.6 Å². The summed E-state index contributed by atoms with van der Waals surface area (Å²) in [7, 11) is 1.65. The normalized spacial score (nSPS) is 11.4. The summed E-state index contributed by atoms with van der Waals surface area (Å²) in [6.45, 7) is 3.24. The van der Waals surface area contributed by atoms with E-state index in [2.05, 4.69) is 17.6 Å². The van der Waals surface area contributed by atoms with Gasteiger partial charge < -0.3 is 24.3 Å². The van der Waals surface area contributed by atoms with E-state index in [1.54, 1.807) is 19.2 Å². The van der Waals surface area contributed by atoms with Gasteiger partial charge in [-0.3, -0.25) is 0 Å². The number of halogens is 2. The van der Waals surface area contributed by atoms with E-state index in [-0.39, 0.29) is 6.42 Å². The van der Waals surface area contributed by atoms with Gasteiger partial charge in [-0.1, -0.05) is 41.4 Å². The van der Waals surface area contributed by atoms with Crippen molar-refractivity contribution < 1.29 is 19.7 Å². The number of hydrogen-bond acceptors (Lipinski definition) is 5. The molecule has 4 rings (SSSR count). The Labute approximate surface area is 232 Å². The number of rotatable bonds is 11.